The van der Waals surface area contributed by atoms with Gasteiger partial charge in [0, 0.05) is 44.0 Å². The van der Waals surface area contributed by atoms with Gasteiger partial charge in [-0.1, -0.05) is 11.3 Å². The molecule has 0 bridgehead atoms. The molecule has 170 valence electrons. The monoisotopic (exact) mass is 475 g/mol. The number of piperazine rings is 1. The summed E-state index contributed by atoms with van der Waals surface area (Å²) in [6.45, 7) is 5.78. The number of nitrogens with zero attached hydrogens (tertiary/aromatic N) is 4. The van der Waals surface area contributed by atoms with Crippen LogP contribution in [-0.4, -0.2) is 68.5 Å². The third-order valence-corrected chi connectivity index (χ3v) is 7.80. The molecule has 1 saturated heterocycles. The van der Waals surface area contributed by atoms with E-state index in [2.05, 4.69) is 19.6 Å². The number of amides is 1. The number of hydrogen-bond donors (Lipinski definition) is 1. The molecular weight excluding hydrogens is 450 g/mol. The van der Waals surface area contributed by atoms with E-state index in [1.807, 2.05) is 12.1 Å². The van der Waals surface area contributed by atoms with Gasteiger partial charge in [-0.2, -0.15) is 0 Å². The highest BCUT2D eigenvalue weighted by molar-refractivity contribution is 7.89. The molecule has 0 aliphatic carbocycles. The van der Waals surface area contributed by atoms with E-state index in [9.17, 15) is 13.2 Å². The quantitative estimate of drug-likeness (QED) is 0.583. The minimum Gasteiger partial charge on any atom is -0.495 e. The second kappa shape index (κ2) is 9.00. The Bertz CT molecular complexity index is 1200. The lowest BCUT2D eigenvalue weighted by Gasteiger charge is -2.34. The van der Waals surface area contributed by atoms with Gasteiger partial charge in [0.25, 0.3) is 5.91 Å². The normalized spacial score (nSPS) is 14.9. The summed E-state index contributed by atoms with van der Waals surface area (Å²) in [5.41, 5.74) is 1.18. The zero-order chi connectivity index (χ0) is 22.9. The first-order valence-electron chi connectivity index (χ1n) is 10.2. The predicted octanol–water partition coefficient (Wildman–Crippen LogP) is 2.35. The summed E-state index contributed by atoms with van der Waals surface area (Å²) in [4.78, 5) is 26.8. The first kappa shape index (κ1) is 22.4. The number of thiazole rings is 1. The van der Waals surface area contributed by atoms with Crippen LogP contribution in [0.4, 0.5) is 5.13 Å². The number of rotatable bonds is 6. The molecule has 1 amide bonds. The van der Waals surface area contributed by atoms with Crippen molar-refractivity contribution in [2.24, 2.45) is 0 Å². The maximum absolute atomic E-state index is 13.1. The number of fused-ring (bicyclic) bond motifs is 1. The number of nitrogens with one attached hydrogen (secondary N) is 1. The van der Waals surface area contributed by atoms with Crippen molar-refractivity contribution >= 4 is 42.7 Å². The molecule has 1 N–H and O–H groups in total. The second-order valence-electron chi connectivity index (χ2n) is 7.74. The van der Waals surface area contributed by atoms with Crippen LogP contribution in [0.5, 0.6) is 5.75 Å². The van der Waals surface area contributed by atoms with Crippen LogP contribution >= 0.6 is 11.3 Å². The lowest BCUT2D eigenvalue weighted by Crippen LogP contribution is -2.48. The molecule has 0 unspecified atom stereocenters. The van der Waals surface area contributed by atoms with Crippen molar-refractivity contribution in [2.45, 2.75) is 24.8 Å². The third-order valence-electron chi connectivity index (χ3n) is 5.08. The van der Waals surface area contributed by atoms with E-state index in [0.29, 0.717) is 31.7 Å². The zero-order valence-electron chi connectivity index (χ0n) is 18.1. The lowest BCUT2D eigenvalue weighted by molar-refractivity contribution is 0.0746. The Hall–Kier alpha value is -2.76. The summed E-state index contributed by atoms with van der Waals surface area (Å²) in [5, 5.41) is 0.892. The molecular formula is C21H25N5O4S2. The molecule has 2 aromatic heterocycles. The van der Waals surface area contributed by atoms with Crippen LogP contribution in [0.2, 0.25) is 0 Å². The molecule has 1 aromatic carbocycles. The highest BCUT2D eigenvalue weighted by atomic mass is 32.2. The van der Waals surface area contributed by atoms with Crippen molar-refractivity contribution in [3.8, 4) is 5.75 Å². The van der Waals surface area contributed by atoms with Gasteiger partial charge in [0.05, 0.1) is 7.11 Å². The summed E-state index contributed by atoms with van der Waals surface area (Å²) < 4.78 is 33.2. The number of methoxy groups -OCH3 is 1. The minimum atomic E-state index is -3.81. The van der Waals surface area contributed by atoms with Gasteiger partial charge >= 0.3 is 0 Å². The maximum Gasteiger partial charge on any atom is 0.254 e. The van der Waals surface area contributed by atoms with E-state index < -0.39 is 10.0 Å². The van der Waals surface area contributed by atoms with Crippen LogP contribution < -0.4 is 14.4 Å². The number of anilines is 1. The SMILES string of the molecule is COc1ccc(C(=O)N2CCN(c3nc4cccnc4s3)CC2)cc1S(=O)(=O)NC(C)C. The van der Waals surface area contributed by atoms with Crippen molar-refractivity contribution in [2.75, 3.05) is 38.2 Å². The Morgan fingerprint density at radius 1 is 1.19 bits per heavy atom. The number of carbonyl (C=O) groups is 1. The van der Waals surface area contributed by atoms with E-state index in [4.69, 9.17) is 4.74 Å². The fourth-order valence-electron chi connectivity index (χ4n) is 3.57. The Morgan fingerprint density at radius 2 is 1.94 bits per heavy atom. The van der Waals surface area contributed by atoms with Gasteiger partial charge in [-0.25, -0.2) is 23.1 Å². The van der Waals surface area contributed by atoms with Gasteiger partial charge in [-0.15, -0.1) is 0 Å². The van der Waals surface area contributed by atoms with Gasteiger partial charge in [0.15, 0.2) is 5.13 Å². The van der Waals surface area contributed by atoms with Crippen molar-refractivity contribution in [3.05, 3.63) is 42.1 Å². The van der Waals surface area contributed by atoms with E-state index in [-0.39, 0.29) is 22.6 Å². The number of pyridine rings is 1. The smallest absolute Gasteiger partial charge is 0.254 e. The number of carbonyl (C=O) groups excluding carboxylic acids is 1. The summed E-state index contributed by atoms with van der Waals surface area (Å²) in [6.07, 6.45) is 1.75. The summed E-state index contributed by atoms with van der Waals surface area (Å²) in [6, 6.07) is 8.02. The average molecular weight is 476 g/mol. The van der Waals surface area contributed by atoms with E-state index in [0.717, 1.165) is 15.5 Å². The molecule has 0 atom stereocenters. The molecule has 32 heavy (non-hydrogen) atoms. The second-order valence-corrected chi connectivity index (χ2v) is 10.4. The molecule has 11 heteroatoms. The number of hydrogen-bond acceptors (Lipinski definition) is 8. The number of aromatic nitrogens is 2. The van der Waals surface area contributed by atoms with Crippen molar-refractivity contribution < 1.29 is 17.9 Å². The lowest BCUT2D eigenvalue weighted by atomic mass is 10.1. The third kappa shape index (κ3) is 4.54. The van der Waals surface area contributed by atoms with E-state index >= 15 is 0 Å². The zero-order valence-corrected chi connectivity index (χ0v) is 19.7. The molecule has 4 rings (SSSR count). The van der Waals surface area contributed by atoms with Crippen molar-refractivity contribution in [1.29, 1.82) is 0 Å². The standard InChI is InChI=1S/C21H25N5O4S2/c1-14(2)24-32(28,29)18-13-15(6-7-17(18)30-3)20(27)25-9-11-26(12-10-25)21-23-16-5-4-8-22-19(16)31-21/h4-8,13-14,24H,9-12H2,1-3H3. The first-order chi connectivity index (χ1) is 15.3. The van der Waals surface area contributed by atoms with Crippen molar-refractivity contribution in [1.82, 2.24) is 19.6 Å². The largest absolute Gasteiger partial charge is 0.495 e. The Balaban J connectivity index is 1.50. The maximum atomic E-state index is 13.1. The summed E-state index contributed by atoms with van der Waals surface area (Å²) in [7, 11) is -2.41. The van der Waals surface area contributed by atoms with Crippen LogP contribution in [-0.2, 0) is 10.0 Å². The summed E-state index contributed by atoms with van der Waals surface area (Å²) >= 11 is 1.54. The van der Waals surface area contributed by atoms with Crippen LogP contribution in [0.25, 0.3) is 10.3 Å². The molecule has 1 aliphatic heterocycles. The number of ether oxygens (including phenoxy) is 1. The van der Waals surface area contributed by atoms with Gasteiger partial charge in [-0.3, -0.25) is 4.79 Å². The summed E-state index contributed by atoms with van der Waals surface area (Å²) in [5.74, 6) is -0.0109. The van der Waals surface area contributed by atoms with Gasteiger partial charge in [0.2, 0.25) is 10.0 Å². The fraction of sp³-hybridized carbons (Fsp3) is 0.381. The van der Waals surface area contributed by atoms with E-state index in [1.54, 1.807) is 31.0 Å². The average Bonchev–Trinajstić information content (AvgIpc) is 3.22. The van der Waals surface area contributed by atoms with Crippen LogP contribution in [0.15, 0.2) is 41.4 Å². The highest BCUT2D eigenvalue weighted by Gasteiger charge is 2.27. The van der Waals surface area contributed by atoms with Crippen molar-refractivity contribution in [3.63, 3.8) is 0 Å². The van der Waals surface area contributed by atoms with Gasteiger partial charge in [-0.05, 0) is 44.2 Å². The number of sulfonamides is 1. The minimum absolute atomic E-state index is 0.0415. The molecule has 0 saturated carbocycles. The molecule has 0 spiro atoms. The molecule has 9 nitrogen and oxygen atoms in total. The van der Waals surface area contributed by atoms with Gasteiger partial charge < -0.3 is 14.5 Å². The van der Waals surface area contributed by atoms with Crippen LogP contribution in [0, 0.1) is 0 Å². The topological polar surface area (TPSA) is 105 Å². The van der Waals surface area contributed by atoms with Gasteiger partial charge in [0.1, 0.15) is 21.0 Å². The van der Waals surface area contributed by atoms with Crippen LogP contribution in [0.3, 0.4) is 0 Å². The Labute approximate surface area is 191 Å². The Morgan fingerprint density at radius 3 is 2.59 bits per heavy atom. The van der Waals surface area contributed by atoms with E-state index in [1.165, 1.54) is 30.6 Å². The predicted molar refractivity (Wildman–Crippen MR) is 124 cm³/mol. The number of benzene rings is 1. The first-order valence-corrected chi connectivity index (χ1v) is 12.5. The molecule has 3 heterocycles. The molecule has 1 fully saturated rings. The fourth-order valence-corrected chi connectivity index (χ4v) is 5.98. The highest BCUT2D eigenvalue weighted by Crippen LogP contribution is 2.29. The molecule has 0 radical (unpaired) electrons. The van der Waals surface area contributed by atoms with Crippen LogP contribution in [0.1, 0.15) is 24.2 Å². The Kier molecular flexibility index (Phi) is 6.31. The molecule has 3 aromatic rings. The molecule has 1 aliphatic rings.